The predicted molar refractivity (Wildman–Crippen MR) is 126 cm³/mol. The van der Waals surface area contributed by atoms with Crippen LogP contribution >= 0.6 is 0 Å². The van der Waals surface area contributed by atoms with Gasteiger partial charge in [0.1, 0.15) is 17.3 Å². The molecular formula is C23H26F6N6O5. The third-order valence-electron chi connectivity index (χ3n) is 5.44. The first-order valence-electron chi connectivity index (χ1n) is 11.5. The Hall–Kier alpha value is -4.15. The van der Waals surface area contributed by atoms with Gasteiger partial charge < -0.3 is 19.9 Å². The largest absolute Gasteiger partial charge is 0.497 e. The molecule has 17 heteroatoms. The summed E-state index contributed by atoms with van der Waals surface area (Å²) >= 11 is 0. The molecule has 0 unspecified atom stereocenters. The number of hydrogen-bond donors (Lipinski definition) is 3. The Bertz CT molecular complexity index is 1210. The number of carboxylic acids is 2. The van der Waals surface area contributed by atoms with E-state index in [0.717, 1.165) is 61.0 Å². The number of aryl methyl sites for hydroxylation is 1. The topological polar surface area (TPSA) is 146 Å². The van der Waals surface area contributed by atoms with Gasteiger partial charge in [0.15, 0.2) is 0 Å². The van der Waals surface area contributed by atoms with Crippen LogP contribution < -0.4 is 4.74 Å². The maximum absolute atomic E-state index is 10.6. The molecular weight excluding hydrogens is 554 g/mol. The Morgan fingerprint density at radius 1 is 1.02 bits per heavy atom. The molecule has 11 nitrogen and oxygen atoms in total. The Morgan fingerprint density at radius 3 is 1.98 bits per heavy atom. The molecule has 3 aromatic rings. The summed E-state index contributed by atoms with van der Waals surface area (Å²) in [4.78, 5) is 27.9. The van der Waals surface area contributed by atoms with Crippen LogP contribution in [0.25, 0.3) is 11.3 Å². The first-order chi connectivity index (χ1) is 18.6. The molecule has 0 spiro atoms. The highest BCUT2D eigenvalue weighted by Crippen LogP contribution is 2.25. The molecule has 0 aliphatic carbocycles. The van der Waals surface area contributed by atoms with Crippen LogP contribution in [-0.2, 0) is 16.1 Å². The number of aromatic amines is 1. The molecule has 0 atom stereocenters. The van der Waals surface area contributed by atoms with Crippen LogP contribution in [0.15, 0.2) is 36.7 Å². The summed E-state index contributed by atoms with van der Waals surface area (Å²) in [7, 11) is 1.67. The number of imidazole rings is 1. The lowest BCUT2D eigenvalue weighted by Crippen LogP contribution is -2.34. The molecule has 0 radical (unpaired) electrons. The van der Waals surface area contributed by atoms with Crippen molar-refractivity contribution in [3.8, 4) is 17.0 Å². The second kappa shape index (κ2) is 13.8. The van der Waals surface area contributed by atoms with Gasteiger partial charge in [-0.3, -0.25) is 4.90 Å². The number of methoxy groups -OCH3 is 1. The first-order valence-corrected chi connectivity index (χ1v) is 11.5. The van der Waals surface area contributed by atoms with E-state index >= 15 is 0 Å². The van der Waals surface area contributed by atoms with E-state index in [2.05, 4.69) is 31.4 Å². The lowest BCUT2D eigenvalue weighted by molar-refractivity contribution is -0.193. The smallest absolute Gasteiger partial charge is 0.490 e. The molecule has 0 bridgehead atoms. The number of ether oxygens (including phenoxy) is 1. The van der Waals surface area contributed by atoms with Crippen molar-refractivity contribution >= 4 is 11.9 Å². The van der Waals surface area contributed by atoms with Crippen LogP contribution in [-0.4, -0.2) is 84.6 Å². The monoisotopic (exact) mass is 580 g/mol. The first kappa shape index (κ1) is 32.1. The number of halogens is 6. The molecule has 1 aliphatic rings. The number of hydrogen-bond acceptors (Lipinski definition) is 7. The zero-order valence-corrected chi connectivity index (χ0v) is 21.2. The van der Waals surface area contributed by atoms with Crippen molar-refractivity contribution in [2.45, 2.75) is 44.7 Å². The summed E-state index contributed by atoms with van der Waals surface area (Å²) in [6.07, 6.45) is -4.08. The Kier molecular flexibility index (Phi) is 11.0. The predicted octanol–water partition coefficient (Wildman–Crippen LogP) is 4.09. The Morgan fingerprint density at radius 2 is 1.55 bits per heavy atom. The van der Waals surface area contributed by atoms with Gasteiger partial charge in [-0.15, -0.1) is 5.10 Å². The number of alkyl halides is 6. The van der Waals surface area contributed by atoms with Gasteiger partial charge in [-0.2, -0.15) is 26.3 Å². The fraction of sp³-hybridized carbons (Fsp3) is 0.435. The summed E-state index contributed by atoms with van der Waals surface area (Å²) in [6.45, 7) is 5.01. The summed E-state index contributed by atoms with van der Waals surface area (Å²) in [5.41, 5.74) is 3.08. The van der Waals surface area contributed by atoms with Gasteiger partial charge in [0.2, 0.25) is 0 Å². The molecule has 3 N–H and O–H groups in total. The van der Waals surface area contributed by atoms with Crippen LogP contribution in [0.2, 0.25) is 0 Å². The minimum atomic E-state index is -5.08. The van der Waals surface area contributed by atoms with Gasteiger partial charge in [0, 0.05) is 30.5 Å². The normalized spacial score (nSPS) is 14.4. The summed E-state index contributed by atoms with van der Waals surface area (Å²) in [5, 5.41) is 23.0. The molecule has 2 aromatic heterocycles. The number of piperidine rings is 1. The average Bonchev–Trinajstić information content (AvgIpc) is 3.53. The minimum Gasteiger partial charge on any atom is -0.497 e. The second-order valence-electron chi connectivity index (χ2n) is 8.44. The zero-order chi connectivity index (χ0) is 30.1. The van der Waals surface area contributed by atoms with Crippen molar-refractivity contribution in [3.05, 3.63) is 48.2 Å². The van der Waals surface area contributed by atoms with Crippen LogP contribution in [0.4, 0.5) is 26.3 Å². The molecule has 4 rings (SSSR count). The van der Waals surface area contributed by atoms with Crippen molar-refractivity contribution in [2.75, 3.05) is 20.2 Å². The fourth-order valence-electron chi connectivity index (χ4n) is 3.45. The van der Waals surface area contributed by atoms with Crippen molar-refractivity contribution in [2.24, 2.45) is 0 Å². The van der Waals surface area contributed by atoms with Gasteiger partial charge in [-0.05, 0) is 44.0 Å². The van der Waals surface area contributed by atoms with Crippen molar-refractivity contribution in [1.82, 2.24) is 29.9 Å². The lowest BCUT2D eigenvalue weighted by atomic mass is 10.1. The fourth-order valence-corrected chi connectivity index (χ4v) is 3.45. The highest BCUT2D eigenvalue weighted by atomic mass is 19.4. The van der Waals surface area contributed by atoms with Crippen LogP contribution in [0.3, 0.4) is 0 Å². The molecule has 1 saturated heterocycles. The van der Waals surface area contributed by atoms with E-state index in [1.165, 1.54) is 0 Å². The standard InChI is InChI=1S/C19H24N6O.2C2HF3O2/c1-14-11-20-19(21-14)13-24-9-7-16(8-10-24)25-12-18(22-23-25)15-3-5-17(26-2)6-4-15;2*3-2(4,5)1(6)7/h3-6,11-12,16H,7-10,13H2,1-2H3,(H,20,21);2*(H,6,7). The average molecular weight is 580 g/mol. The number of likely N-dealkylation sites (tertiary alicyclic amines) is 1. The molecule has 1 aliphatic heterocycles. The lowest BCUT2D eigenvalue weighted by Gasteiger charge is -2.31. The zero-order valence-electron chi connectivity index (χ0n) is 21.2. The third-order valence-corrected chi connectivity index (χ3v) is 5.44. The van der Waals surface area contributed by atoms with E-state index in [9.17, 15) is 26.3 Å². The molecule has 0 amide bonds. The molecule has 1 aromatic carbocycles. The minimum absolute atomic E-state index is 0.407. The molecule has 40 heavy (non-hydrogen) atoms. The number of nitrogens with one attached hydrogen (secondary N) is 1. The Balaban J connectivity index is 0.000000333. The third kappa shape index (κ3) is 10.2. The van der Waals surface area contributed by atoms with Crippen molar-refractivity contribution in [1.29, 1.82) is 0 Å². The maximum atomic E-state index is 10.6. The highest BCUT2D eigenvalue weighted by Gasteiger charge is 2.38. The van der Waals surface area contributed by atoms with Gasteiger partial charge in [0.25, 0.3) is 0 Å². The Labute approximate surface area is 223 Å². The van der Waals surface area contributed by atoms with Gasteiger partial charge in [-0.1, -0.05) is 5.21 Å². The molecule has 3 heterocycles. The number of aliphatic carboxylic acids is 2. The number of H-pyrrole nitrogens is 1. The summed E-state index contributed by atoms with van der Waals surface area (Å²) < 4.78 is 70.7. The van der Waals surface area contributed by atoms with E-state index < -0.39 is 24.3 Å². The molecule has 0 saturated carbocycles. The van der Waals surface area contributed by atoms with Crippen LogP contribution in [0.1, 0.15) is 30.4 Å². The van der Waals surface area contributed by atoms with E-state index in [0.29, 0.717) is 6.04 Å². The quantitative estimate of drug-likeness (QED) is 0.380. The van der Waals surface area contributed by atoms with E-state index in [4.69, 9.17) is 24.5 Å². The second-order valence-corrected chi connectivity index (χ2v) is 8.44. The van der Waals surface area contributed by atoms with Gasteiger partial charge in [-0.25, -0.2) is 19.3 Å². The summed E-state index contributed by atoms with van der Waals surface area (Å²) in [5.74, 6) is -3.62. The van der Waals surface area contributed by atoms with Gasteiger partial charge >= 0.3 is 24.3 Å². The SMILES string of the molecule is COc1ccc(-c2cn(C3CCN(Cc4ncc(C)[nH]4)CC3)nn2)cc1.O=C(O)C(F)(F)F.O=C(O)C(F)(F)F. The van der Waals surface area contributed by atoms with Crippen molar-refractivity contribution < 1.29 is 50.9 Å². The number of rotatable bonds is 5. The highest BCUT2D eigenvalue weighted by molar-refractivity contribution is 5.73. The number of aromatic nitrogens is 5. The van der Waals surface area contributed by atoms with Gasteiger partial charge in [0.05, 0.1) is 25.9 Å². The number of nitrogens with zero attached hydrogens (tertiary/aromatic N) is 5. The van der Waals surface area contributed by atoms with E-state index in [-0.39, 0.29) is 0 Å². The van der Waals surface area contributed by atoms with E-state index in [1.54, 1.807) is 7.11 Å². The molecule has 1 fully saturated rings. The number of carbonyl (C=O) groups is 2. The summed E-state index contributed by atoms with van der Waals surface area (Å²) in [6, 6.07) is 8.33. The number of carboxylic acid groups (broad SMARTS) is 2. The van der Waals surface area contributed by atoms with Crippen molar-refractivity contribution in [3.63, 3.8) is 0 Å². The van der Waals surface area contributed by atoms with Crippen LogP contribution in [0.5, 0.6) is 5.75 Å². The molecule has 220 valence electrons. The van der Waals surface area contributed by atoms with Crippen LogP contribution in [0, 0.1) is 6.92 Å². The van der Waals surface area contributed by atoms with E-state index in [1.807, 2.05) is 42.1 Å². The number of benzene rings is 1. The maximum Gasteiger partial charge on any atom is 0.490 e.